The van der Waals surface area contributed by atoms with Gasteiger partial charge in [-0.1, -0.05) is 41.6 Å². The summed E-state index contributed by atoms with van der Waals surface area (Å²) >= 11 is 0. The van der Waals surface area contributed by atoms with E-state index in [2.05, 4.69) is 39.6 Å². The van der Waals surface area contributed by atoms with E-state index in [1.165, 1.54) is 5.56 Å². The van der Waals surface area contributed by atoms with Crippen molar-refractivity contribution in [1.82, 2.24) is 20.3 Å². The zero-order chi connectivity index (χ0) is 24.6. The highest BCUT2D eigenvalue weighted by molar-refractivity contribution is 6.05. The van der Waals surface area contributed by atoms with Crippen molar-refractivity contribution in [3.05, 3.63) is 77.0 Å². The maximum Gasteiger partial charge on any atom is 0.255 e. The van der Waals surface area contributed by atoms with Crippen LogP contribution in [0.5, 0.6) is 0 Å². The Labute approximate surface area is 209 Å². The van der Waals surface area contributed by atoms with E-state index in [9.17, 15) is 14.4 Å². The van der Waals surface area contributed by atoms with E-state index < -0.39 is 11.9 Å². The summed E-state index contributed by atoms with van der Waals surface area (Å²) in [5.41, 5.74) is 4.63. The highest BCUT2D eigenvalue weighted by atomic mass is 16.5. The Kier molecular flexibility index (Phi) is 5.89. The smallest absolute Gasteiger partial charge is 0.255 e. The largest absolute Gasteiger partial charge is 0.356 e. The summed E-state index contributed by atoms with van der Waals surface area (Å²) in [6.07, 6.45) is 2.68. The number of rotatable bonds is 5. The Balaban J connectivity index is 1.11. The van der Waals surface area contributed by atoms with Crippen LogP contribution in [0, 0.1) is 0 Å². The van der Waals surface area contributed by atoms with Crippen molar-refractivity contribution in [2.45, 2.75) is 50.7 Å². The quantitative estimate of drug-likeness (QED) is 0.557. The Morgan fingerprint density at radius 2 is 1.78 bits per heavy atom. The lowest BCUT2D eigenvalue weighted by Gasteiger charge is -2.31. The van der Waals surface area contributed by atoms with Crippen LogP contribution in [0.25, 0.3) is 11.3 Å². The van der Waals surface area contributed by atoms with Gasteiger partial charge < -0.3 is 9.42 Å². The van der Waals surface area contributed by atoms with Gasteiger partial charge in [-0.2, -0.15) is 0 Å². The summed E-state index contributed by atoms with van der Waals surface area (Å²) in [6.45, 7) is 3.37. The highest BCUT2D eigenvalue weighted by Crippen LogP contribution is 2.34. The van der Waals surface area contributed by atoms with E-state index in [-0.39, 0.29) is 18.2 Å². The summed E-state index contributed by atoms with van der Waals surface area (Å²) in [6, 6.07) is 17.6. The van der Waals surface area contributed by atoms with Crippen molar-refractivity contribution in [3.8, 4) is 11.3 Å². The molecule has 2 saturated heterocycles. The predicted molar refractivity (Wildman–Crippen MR) is 132 cm³/mol. The van der Waals surface area contributed by atoms with Gasteiger partial charge in [0.25, 0.3) is 5.91 Å². The van der Waals surface area contributed by atoms with Crippen LogP contribution in [0.3, 0.4) is 0 Å². The number of benzene rings is 2. The molecule has 2 aromatic carbocycles. The molecule has 0 saturated carbocycles. The van der Waals surface area contributed by atoms with Crippen LogP contribution in [0.1, 0.15) is 58.8 Å². The molecule has 3 aliphatic heterocycles. The normalized spacial score (nSPS) is 21.1. The molecule has 4 heterocycles. The van der Waals surface area contributed by atoms with Crippen LogP contribution < -0.4 is 5.32 Å². The number of nitrogens with zero attached hydrogens (tertiary/aromatic N) is 3. The zero-order valence-electron chi connectivity index (χ0n) is 20.0. The van der Waals surface area contributed by atoms with Crippen molar-refractivity contribution in [3.63, 3.8) is 0 Å². The number of fused-ring (bicyclic) bond motifs is 1. The molecule has 0 aliphatic carbocycles. The van der Waals surface area contributed by atoms with Gasteiger partial charge in [-0.05, 0) is 55.6 Å². The van der Waals surface area contributed by atoms with Gasteiger partial charge >= 0.3 is 0 Å². The van der Waals surface area contributed by atoms with Gasteiger partial charge in [0.05, 0.1) is 5.69 Å². The van der Waals surface area contributed by atoms with Crippen molar-refractivity contribution < 1.29 is 18.9 Å². The lowest BCUT2D eigenvalue weighted by atomic mass is 9.92. The first-order chi connectivity index (χ1) is 17.5. The Hall–Kier alpha value is -3.78. The van der Waals surface area contributed by atoms with E-state index in [0.29, 0.717) is 30.2 Å². The number of carbonyl (C=O) groups excluding carboxylic acids is 3. The van der Waals surface area contributed by atoms with E-state index in [1.807, 2.05) is 24.3 Å². The molecular weight excluding hydrogens is 456 g/mol. The number of nitrogens with one attached hydrogen (secondary N) is 1. The Morgan fingerprint density at radius 3 is 2.56 bits per heavy atom. The molecule has 3 amide bonds. The van der Waals surface area contributed by atoms with Gasteiger partial charge in [-0.3, -0.25) is 24.6 Å². The van der Waals surface area contributed by atoms with Gasteiger partial charge in [0.15, 0.2) is 5.76 Å². The number of amides is 3. The molecule has 2 fully saturated rings. The molecule has 1 aromatic heterocycles. The van der Waals surface area contributed by atoms with Crippen LogP contribution in [0.4, 0.5) is 0 Å². The second kappa shape index (κ2) is 9.35. The van der Waals surface area contributed by atoms with Crippen LogP contribution in [0.2, 0.25) is 0 Å². The number of piperidine rings is 2. The summed E-state index contributed by atoms with van der Waals surface area (Å²) in [7, 11) is 0. The minimum atomic E-state index is -0.615. The summed E-state index contributed by atoms with van der Waals surface area (Å²) in [5, 5.41) is 6.72. The topological polar surface area (TPSA) is 95.8 Å². The Morgan fingerprint density at radius 1 is 0.972 bits per heavy atom. The second-order valence-corrected chi connectivity index (χ2v) is 9.92. The van der Waals surface area contributed by atoms with E-state index in [4.69, 9.17) is 4.52 Å². The van der Waals surface area contributed by atoms with Crippen LogP contribution in [-0.4, -0.2) is 51.8 Å². The highest BCUT2D eigenvalue weighted by Gasteiger charge is 2.39. The fraction of sp³-hybridized carbons (Fsp3) is 0.357. The first-order valence-electron chi connectivity index (χ1n) is 12.6. The third kappa shape index (κ3) is 4.33. The van der Waals surface area contributed by atoms with Gasteiger partial charge in [-0.15, -0.1) is 0 Å². The molecule has 3 aromatic rings. The van der Waals surface area contributed by atoms with Crippen molar-refractivity contribution in [1.29, 1.82) is 0 Å². The number of hydrogen-bond acceptors (Lipinski definition) is 6. The molecule has 0 radical (unpaired) electrons. The molecule has 0 spiro atoms. The number of imide groups is 1. The molecule has 1 atom stereocenters. The summed E-state index contributed by atoms with van der Waals surface area (Å²) in [4.78, 5) is 40.8. The minimum absolute atomic E-state index is 0.174. The molecule has 8 nitrogen and oxygen atoms in total. The second-order valence-electron chi connectivity index (χ2n) is 9.92. The van der Waals surface area contributed by atoms with Gasteiger partial charge in [0, 0.05) is 42.6 Å². The monoisotopic (exact) mass is 484 g/mol. The van der Waals surface area contributed by atoms with Crippen molar-refractivity contribution in [2.24, 2.45) is 0 Å². The molecule has 36 heavy (non-hydrogen) atoms. The molecular formula is C28H28N4O4. The average Bonchev–Trinajstić information content (AvgIpc) is 3.50. The van der Waals surface area contributed by atoms with Crippen LogP contribution >= 0.6 is 0 Å². The molecule has 1 unspecified atom stereocenters. The van der Waals surface area contributed by atoms with E-state index in [0.717, 1.165) is 49.3 Å². The summed E-state index contributed by atoms with van der Waals surface area (Å²) < 4.78 is 5.72. The first kappa shape index (κ1) is 22.7. The molecule has 6 rings (SSSR count). The third-order valence-corrected chi connectivity index (χ3v) is 7.59. The van der Waals surface area contributed by atoms with E-state index in [1.54, 1.807) is 11.0 Å². The molecule has 1 N–H and O–H groups in total. The SMILES string of the molecule is O=C1CCC(N2Cc3cc(-c4cc(C5CCN(Cc6ccccc6)CC5)no4)ccc3C2=O)C(=O)N1. The van der Waals surface area contributed by atoms with Gasteiger partial charge in [0.2, 0.25) is 11.8 Å². The van der Waals surface area contributed by atoms with Crippen LogP contribution in [-0.2, 0) is 22.7 Å². The van der Waals surface area contributed by atoms with Gasteiger partial charge in [0.1, 0.15) is 6.04 Å². The average molecular weight is 485 g/mol. The van der Waals surface area contributed by atoms with Crippen LogP contribution in [0.15, 0.2) is 59.1 Å². The maximum absolute atomic E-state index is 12.9. The number of likely N-dealkylation sites (tertiary alicyclic amines) is 1. The molecule has 8 heteroatoms. The molecule has 3 aliphatic rings. The fourth-order valence-electron chi connectivity index (χ4n) is 5.57. The lowest BCUT2D eigenvalue weighted by molar-refractivity contribution is -0.136. The number of aromatic nitrogens is 1. The lowest BCUT2D eigenvalue weighted by Crippen LogP contribution is -2.52. The molecule has 0 bridgehead atoms. The van der Waals surface area contributed by atoms with Gasteiger partial charge in [-0.25, -0.2) is 0 Å². The van der Waals surface area contributed by atoms with Crippen molar-refractivity contribution >= 4 is 17.7 Å². The molecule has 184 valence electrons. The third-order valence-electron chi connectivity index (χ3n) is 7.59. The van der Waals surface area contributed by atoms with E-state index >= 15 is 0 Å². The zero-order valence-corrected chi connectivity index (χ0v) is 20.0. The fourth-order valence-corrected chi connectivity index (χ4v) is 5.57. The minimum Gasteiger partial charge on any atom is -0.356 e. The number of carbonyl (C=O) groups is 3. The number of hydrogen-bond donors (Lipinski definition) is 1. The Bertz CT molecular complexity index is 1310. The predicted octanol–water partition coefficient (Wildman–Crippen LogP) is 3.48. The van der Waals surface area contributed by atoms with Crippen molar-refractivity contribution in [2.75, 3.05) is 13.1 Å². The summed E-state index contributed by atoms with van der Waals surface area (Å²) in [5.74, 6) is 0.194. The first-order valence-corrected chi connectivity index (χ1v) is 12.6. The standard InChI is InChI=1S/C28H28N4O4/c33-26-9-8-24(27(34)29-26)32-17-21-14-20(6-7-22(21)28(32)35)25-15-23(30-36-25)19-10-12-31(13-11-19)16-18-4-2-1-3-5-18/h1-7,14-15,19,24H,8-13,16-17H2,(H,29,33,34). The maximum atomic E-state index is 12.9.